The van der Waals surface area contributed by atoms with E-state index in [2.05, 4.69) is 20.5 Å². The molecule has 1 aromatic rings. The number of nitrogens with zero attached hydrogens (tertiary/aromatic N) is 2. The van der Waals surface area contributed by atoms with Crippen molar-refractivity contribution in [2.75, 3.05) is 6.61 Å². The fourth-order valence-corrected chi connectivity index (χ4v) is 3.84. The number of hydrogen-bond donors (Lipinski definition) is 3. The SMILES string of the molecule is CC(NC(=O)C1(N)C2CCCOC2C1(C)C)c1ncn[nH]1. The quantitative estimate of drug-likeness (QED) is 0.753. The van der Waals surface area contributed by atoms with E-state index in [-0.39, 0.29) is 29.4 Å². The number of H-pyrrole nitrogens is 1. The molecule has 4 N–H and O–H groups in total. The summed E-state index contributed by atoms with van der Waals surface area (Å²) in [5.41, 5.74) is 5.27. The van der Waals surface area contributed by atoms with Crippen LogP contribution in [0.25, 0.3) is 0 Å². The minimum atomic E-state index is -0.896. The molecule has 21 heavy (non-hydrogen) atoms. The lowest BCUT2D eigenvalue weighted by Crippen LogP contribution is -2.82. The molecule has 2 fully saturated rings. The molecule has 7 nitrogen and oxygen atoms in total. The van der Waals surface area contributed by atoms with Crippen molar-refractivity contribution in [2.45, 2.75) is 51.3 Å². The molecule has 1 saturated carbocycles. The number of ether oxygens (including phenoxy) is 1. The van der Waals surface area contributed by atoms with E-state index < -0.39 is 5.54 Å². The van der Waals surface area contributed by atoms with Gasteiger partial charge < -0.3 is 15.8 Å². The molecule has 0 bridgehead atoms. The summed E-state index contributed by atoms with van der Waals surface area (Å²) in [6.07, 6.45) is 3.40. The van der Waals surface area contributed by atoms with Gasteiger partial charge in [0.15, 0.2) is 0 Å². The summed E-state index contributed by atoms with van der Waals surface area (Å²) < 4.78 is 5.83. The Kier molecular flexibility index (Phi) is 3.29. The Morgan fingerprint density at radius 2 is 2.38 bits per heavy atom. The molecular formula is C14H23N5O2. The number of aromatic nitrogens is 3. The van der Waals surface area contributed by atoms with E-state index in [0.717, 1.165) is 19.4 Å². The molecule has 2 aliphatic rings. The number of carbonyl (C=O) groups excluding carboxylic acids is 1. The third-order valence-corrected chi connectivity index (χ3v) is 5.25. The maximum absolute atomic E-state index is 12.8. The van der Waals surface area contributed by atoms with Gasteiger partial charge in [0.05, 0.1) is 12.1 Å². The number of rotatable bonds is 3. The van der Waals surface area contributed by atoms with Gasteiger partial charge in [-0.15, -0.1) is 0 Å². The molecule has 3 rings (SSSR count). The molecule has 1 amide bonds. The Morgan fingerprint density at radius 3 is 3.05 bits per heavy atom. The fourth-order valence-electron chi connectivity index (χ4n) is 3.84. The predicted octanol–water partition coefficient (Wildman–Crippen LogP) is 0.514. The monoisotopic (exact) mass is 293 g/mol. The van der Waals surface area contributed by atoms with Crippen molar-refractivity contribution in [3.63, 3.8) is 0 Å². The molecule has 7 heteroatoms. The zero-order valence-corrected chi connectivity index (χ0v) is 12.7. The summed E-state index contributed by atoms with van der Waals surface area (Å²) in [5.74, 6) is 0.576. The van der Waals surface area contributed by atoms with Crippen molar-refractivity contribution in [2.24, 2.45) is 17.1 Å². The fraction of sp³-hybridized carbons (Fsp3) is 0.786. The van der Waals surface area contributed by atoms with Crippen molar-refractivity contribution in [3.8, 4) is 0 Å². The molecule has 116 valence electrons. The van der Waals surface area contributed by atoms with Crippen LogP contribution in [-0.2, 0) is 9.53 Å². The Morgan fingerprint density at radius 1 is 1.62 bits per heavy atom. The normalized spacial score (nSPS) is 35.4. The largest absolute Gasteiger partial charge is 0.377 e. The summed E-state index contributed by atoms with van der Waals surface area (Å²) in [7, 11) is 0. The number of carbonyl (C=O) groups is 1. The average molecular weight is 293 g/mol. The average Bonchev–Trinajstić information content (AvgIpc) is 3.00. The first-order valence-electron chi connectivity index (χ1n) is 7.45. The van der Waals surface area contributed by atoms with Gasteiger partial charge in [0, 0.05) is 17.9 Å². The van der Waals surface area contributed by atoms with Crippen LogP contribution in [0, 0.1) is 11.3 Å². The van der Waals surface area contributed by atoms with E-state index in [0.29, 0.717) is 5.82 Å². The number of nitrogens with one attached hydrogen (secondary N) is 2. The Labute approximate surface area is 124 Å². The standard InChI is InChI=1S/C14H23N5O2/c1-8(11-16-7-17-19-11)18-12(20)14(15)9-5-4-6-21-10(9)13(14,2)3/h7-10H,4-6,15H2,1-3H3,(H,18,20)(H,16,17,19). The Hall–Kier alpha value is -1.47. The maximum atomic E-state index is 12.8. The molecular weight excluding hydrogens is 270 g/mol. The highest BCUT2D eigenvalue weighted by Crippen LogP contribution is 2.57. The number of fused-ring (bicyclic) bond motifs is 1. The summed E-state index contributed by atoms with van der Waals surface area (Å²) in [6, 6.07) is -0.250. The lowest BCUT2D eigenvalue weighted by Gasteiger charge is -2.65. The predicted molar refractivity (Wildman–Crippen MR) is 76.1 cm³/mol. The first-order chi connectivity index (χ1) is 9.89. The molecule has 1 aliphatic heterocycles. The van der Waals surface area contributed by atoms with Gasteiger partial charge in [-0.2, -0.15) is 5.10 Å². The molecule has 0 radical (unpaired) electrons. The molecule has 4 unspecified atom stereocenters. The summed E-state index contributed by atoms with van der Waals surface area (Å²) in [4.78, 5) is 16.8. The second-order valence-electron chi connectivity index (χ2n) is 6.70. The molecule has 4 atom stereocenters. The first-order valence-corrected chi connectivity index (χ1v) is 7.45. The van der Waals surface area contributed by atoms with Crippen LogP contribution in [0.15, 0.2) is 6.33 Å². The van der Waals surface area contributed by atoms with Gasteiger partial charge in [0.1, 0.15) is 17.7 Å². The second-order valence-corrected chi connectivity index (χ2v) is 6.70. The Bertz CT molecular complexity index is 529. The maximum Gasteiger partial charge on any atom is 0.241 e. The van der Waals surface area contributed by atoms with Crippen LogP contribution in [0.5, 0.6) is 0 Å². The van der Waals surface area contributed by atoms with Crippen LogP contribution >= 0.6 is 0 Å². The van der Waals surface area contributed by atoms with Gasteiger partial charge >= 0.3 is 0 Å². The zero-order chi connectivity index (χ0) is 15.3. The van der Waals surface area contributed by atoms with Crippen molar-refractivity contribution in [3.05, 3.63) is 12.2 Å². The van der Waals surface area contributed by atoms with Crippen LogP contribution in [0.1, 0.15) is 45.5 Å². The third-order valence-electron chi connectivity index (χ3n) is 5.25. The minimum Gasteiger partial charge on any atom is -0.377 e. The van der Waals surface area contributed by atoms with Gasteiger partial charge in [-0.3, -0.25) is 9.89 Å². The lowest BCUT2D eigenvalue weighted by atomic mass is 9.46. The molecule has 1 saturated heterocycles. The molecule has 0 aromatic carbocycles. The summed E-state index contributed by atoms with van der Waals surface area (Å²) in [6.45, 7) is 6.65. The topological polar surface area (TPSA) is 106 Å². The minimum absolute atomic E-state index is 0.0718. The van der Waals surface area contributed by atoms with Crippen LogP contribution in [-0.4, -0.2) is 39.3 Å². The highest BCUT2D eigenvalue weighted by molar-refractivity contribution is 5.89. The molecule has 0 spiro atoms. The van der Waals surface area contributed by atoms with E-state index in [9.17, 15) is 4.79 Å². The summed E-state index contributed by atoms with van der Waals surface area (Å²) >= 11 is 0. The van der Waals surface area contributed by atoms with Gasteiger partial charge in [-0.25, -0.2) is 4.98 Å². The van der Waals surface area contributed by atoms with Gasteiger partial charge in [-0.05, 0) is 19.8 Å². The summed E-state index contributed by atoms with van der Waals surface area (Å²) in [5, 5.41) is 9.53. The third kappa shape index (κ3) is 1.91. The van der Waals surface area contributed by atoms with Crippen LogP contribution in [0.3, 0.4) is 0 Å². The number of nitrogens with two attached hydrogens (primary N) is 1. The molecule has 2 heterocycles. The van der Waals surface area contributed by atoms with E-state index in [1.807, 2.05) is 20.8 Å². The number of aromatic amines is 1. The highest BCUT2D eigenvalue weighted by Gasteiger charge is 2.70. The van der Waals surface area contributed by atoms with Crippen molar-refractivity contribution < 1.29 is 9.53 Å². The number of amides is 1. The molecule has 1 aromatic heterocycles. The van der Waals surface area contributed by atoms with Crippen molar-refractivity contribution in [1.82, 2.24) is 20.5 Å². The first kappa shape index (κ1) is 14.5. The van der Waals surface area contributed by atoms with Crippen molar-refractivity contribution >= 4 is 5.91 Å². The second kappa shape index (κ2) is 4.78. The zero-order valence-electron chi connectivity index (χ0n) is 12.7. The van der Waals surface area contributed by atoms with E-state index >= 15 is 0 Å². The van der Waals surface area contributed by atoms with E-state index in [1.165, 1.54) is 6.33 Å². The highest BCUT2D eigenvalue weighted by atomic mass is 16.5. The lowest BCUT2D eigenvalue weighted by molar-refractivity contribution is -0.225. The molecule has 1 aliphatic carbocycles. The van der Waals surface area contributed by atoms with Crippen LogP contribution in [0.2, 0.25) is 0 Å². The van der Waals surface area contributed by atoms with E-state index in [4.69, 9.17) is 10.5 Å². The Balaban J connectivity index is 1.77. The van der Waals surface area contributed by atoms with Crippen LogP contribution in [0.4, 0.5) is 0 Å². The van der Waals surface area contributed by atoms with Crippen molar-refractivity contribution in [1.29, 1.82) is 0 Å². The smallest absolute Gasteiger partial charge is 0.241 e. The van der Waals surface area contributed by atoms with Gasteiger partial charge in [-0.1, -0.05) is 13.8 Å². The van der Waals surface area contributed by atoms with Crippen LogP contribution < -0.4 is 11.1 Å². The van der Waals surface area contributed by atoms with Gasteiger partial charge in [0.2, 0.25) is 5.91 Å². The van der Waals surface area contributed by atoms with Gasteiger partial charge in [0.25, 0.3) is 0 Å². The number of hydrogen-bond acceptors (Lipinski definition) is 5. The van der Waals surface area contributed by atoms with E-state index in [1.54, 1.807) is 0 Å².